The van der Waals surface area contributed by atoms with E-state index in [-0.39, 0.29) is 0 Å². The number of benzene rings is 1. The minimum atomic E-state index is 0.454. The van der Waals surface area contributed by atoms with Gasteiger partial charge < -0.3 is 9.47 Å². The minimum Gasteiger partial charge on any atom is -0.356 e. The Hall–Kier alpha value is -2.73. The number of hydrogen-bond acceptors (Lipinski definition) is 5. The van der Waals surface area contributed by atoms with Crippen LogP contribution in [0, 0.1) is 11.8 Å². The molecule has 5 rings (SSSR count). The molecule has 7 heteroatoms. The molecule has 0 spiro atoms. The summed E-state index contributed by atoms with van der Waals surface area (Å²) in [5.74, 6) is 2.82. The summed E-state index contributed by atoms with van der Waals surface area (Å²) in [7, 11) is 2.03. The number of fused-ring (bicyclic) bond motifs is 3. The minimum absolute atomic E-state index is 0.454. The van der Waals surface area contributed by atoms with E-state index in [1.165, 1.54) is 5.71 Å². The Kier molecular flexibility index (Phi) is 5.26. The first-order chi connectivity index (χ1) is 15.0. The molecule has 1 saturated heterocycles. The van der Waals surface area contributed by atoms with Gasteiger partial charge in [-0.1, -0.05) is 30.7 Å². The highest BCUT2D eigenvalue weighted by Crippen LogP contribution is 2.33. The molecule has 6 nitrogen and oxygen atoms in total. The van der Waals surface area contributed by atoms with Crippen molar-refractivity contribution in [1.29, 1.82) is 0 Å². The van der Waals surface area contributed by atoms with Crippen molar-refractivity contribution >= 4 is 39.9 Å². The normalized spacial score (nSPS) is 21.9. The zero-order chi connectivity index (χ0) is 21.5. The van der Waals surface area contributed by atoms with Gasteiger partial charge in [-0.25, -0.2) is 9.97 Å². The quantitative estimate of drug-likeness (QED) is 0.545. The van der Waals surface area contributed by atoms with Gasteiger partial charge in [-0.3, -0.25) is 0 Å². The first-order valence-electron chi connectivity index (χ1n) is 10.9. The third kappa shape index (κ3) is 3.74. The molecular formula is C24H27ClN6. The van der Waals surface area contributed by atoms with Gasteiger partial charge in [0.25, 0.3) is 0 Å². The Balaban J connectivity index is 1.48. The number of rotatable bonds is 2. The first-order valence-corrected chi connectivity index (χ1v) is 11.3. The van der Waals surface area contributed by atoms with Gasteiger partial charge in [-0.05, 0) is 49.8 Å². The van der Waals surface area contributed by atoms with Gasteiger partial charge >= 0.3 is 0 Å². The van der Waals surface area contributed by atoms with Crippen LogP contribution in [0.1, 0.15) is 33.1 Å². The van der Waals surface area contributed by atoms with Crippen LogP contribution in [0.2, 0.25) is 5.02 Å². The molecule has 2 aromatic heterocycles. The van der Waals surface area contributed by atoms with E-state index in [4.69, 9.17) is 16.6 Å². The molecule has 0 N–H and O–H groups in total. The Morgan fingerprint density at radius 2 is 1.97 bits per heavy atom. The van der Waals surface area contributed by atoms with Crippen LogP contribution in [0.3, 0.4) is 0 Å². The van der Waals surface area contributed by atoms with E-state index >= 15 is 0 Å². The number of aryl methyl sites for hydroxylation is 1. The van der Waals surface area contributed by atoms with Crippen LogP contribution >= 0.6 is 11.6 Å². The maximum absolute atomic E-state index is 6.59. The lowest BCUT2D eigenvalue weighted by atomic mass is 9.82. The lowest BCUT2D eigenvalue weighted by molar-refractivity contribution is 0.416. The molecule has 4 heterocycles. The number of aromatic nitrogens is 3. The summed E-state index contributed by atoms with van der Waals surface area (Å²) in [6, 6.07) is 10.2. The van der Waals surface area contributed by atoms with Crippen LogP contribution in [-0.2, 0) is 7.05 Å². The van der Waals surface area contributed by atoms with Crippen molar-refractivity contribution in [3.8, 4) is 11.4 Å². The fourth-order valence-electron chi connectivity index (χ4n) is 4.69. The van der Waals surface area contributed by atoms with E-state index in [0.29, 0.717) is 16.9 Å². The van der Waals surface area contributed by atoms with Crippen LogP contribution in [-0.4, -0.2) is 39.0 Å². The number of para-hydroxylation sites is 2. The Morgan fingerprint density at radius 3 is 2.81 bits per heavy atom. The van der Waals surface area contributed by atoms with Crippen molar-refractivity contribution in [1.82, 2.24) is 14.5 Å². The van der Waals surface area contributed by atoms with Gasteiger partial charge in [0.2, 0.25) is 0 Å². The molecule has 2 bridgehead atoms. The Bertz CT molecular complexity index is 1190. The molecule has 0 saturated carbocycles. The third-order valence-electron chi connectivity index (χ3n) is 6.85. The Labute approximate surface area is 187 Å². The maximum Gasteiger partial charge on any atom is 0.142 e. The van der Waals surface area contributed by atoms with E-state index in [1.807, 2.05) is 25.2 Å². The monoisotopic (exact) mass is 434 g/mol. The van der Waals surface area contributed by atoms with Gasteiger partial charge in [0.1, 0.15) is 11.6 Å². The summed E-state index contributed by atoms with van der Waals surface area (Å²) >= 11 is 6.59. The van der Waals surface area contributed by atoms with Gasteiger partial charge in [0, 0.05) is 49.7 Å². The van der Waals surface area contributed by atoms with E-state index in [0.717, 1.165) is 66.3 Å². The fourth-order valence-corrected chi connectivity index (χ4v) is 4.88. The van der Waals surface area contributed by atoms with E-state index < -0.39 is 0 Å². The number of nitrogens with zero attached hydrogens (tertiary/aromatic N) is 6. The second-order valence-corrected chi connectivity index (χ2v) is 9.10. The van der Waals surface area contributed by atoms with E-state index in [9.17, 15) is 0 Å². The highest BCUT2D eigenvalue weighted by atomic mass is 35.5. The molecule has 3 aromatic rings. The number of pyridine rings is 1. The molecule has 2 unspecified atom stereocenters. The standard InChI is InChI=1S/C24H27ClN6/c1-15-16(2)28-29-18-9-11-31(10-8-17(15)12-18)23-13-19(20(25)14-26-23)24-27-21-6-4-5-7-22(21)30(24)3/h4-7,13-15,17H,8-12H2,1-3H3. The molecule has 2 aliphatic heterocycles. The Morgan fingerprint density at radius 1 is 1.13 bits per heavy atom. The molecule has 0 radical (unpaired) electrons. The topological polar surface area (TPSA) is 58.7 Å². The molecule has 1 aromatic carbocycles. The van der Waals surface area contributed by atoms with E-state index in [2.05, 4.69) is 50.6 Å². The molecule has 31 heavy (non-hydrogen) atoms. The lowest BCUT2D eigenvalue weighted by Crippen LogP contribution is -2.34. The number of anilines is 1. The molecule has 0 aliphatic carbocycles. The molecule has 2 atom stereocenters. The number of hydrogen-bond donors (Lipinski definition) is 0. The van der Waals surface area contributed by atoms with Gasteiger partial charge in [-0.2, -0.15) is 10.2 Å². The average molecular weight is 435 g/mol. The lowest BCUT2D eigenvalue weighted by Gasteiger charge is -2.31. The highest BCUT2D eigenvalue weighted by Gasteiger charge is 2.28. The van der Waals surface area contributed by atoms with Crippen LogP contribution in [0.15, 0.2) is 46.7 Å². The van der Waals surface area contributed by atoms with Gasteiger partial charge in [0.05, 0.1) is 16.1 Å². The smallest absolute Gasteiger partial charge is 0.142 e. The largest absolute Gasteiger partial charge is 0.356 e. The molecule has 0 amide bonds. The zero-order valence-corrected chi connectivity index (χ0v) is 19.0. The summed E-state index contributed by atoms with van der Waals surface area (Å²) in [5, 5.41) is 9.62. The van der Waals surface area contributed by atoms with Crippen LogP contribution in [0.4, 0.5) is 5.82 Å². The van der Waals surface area contributed by atoms with Crippen molar-refractivity contribution in [2.75, 3.05) is 18.0 Å². The molecular weight excluding hydrogens is 408 g/mol. The van der Waals surface area contributed by atoms with Gasteiger partial charge in [-0.15, -0.1) is 0 Å². The molecule has 160 valence electrons. The van der Waals surface area contributed by atoms with Crippen molar-refractivity contribution in [2.45, 2.75) is 33.1 Å². The predicted molar refractivity (Wildman–Crippen MR) is 128 cm³/mol. The molecule has 2 aliphatic rings. The third-order valence-corrected chi connectivity index (χ3v) is 7.15. The first kappa shape index (κ1) is 20.2. The number of imidazole rings is 1. The van der Waals surface area contributed by atoms with Crippen molar-refractivity contribution in [3.05, 3.63) is 41.6 Å². The van der Waals surface area contributed by atoms with Gasteiger partial charge in [0.15, 0.2) is 0 Å². The van der Waals surface area contributed by atoms with Crippen LogP contribution in [0.5, 0.6) is 0 Å². The van der Waals surface area contributed by atoms with Crippen LogP contribution in [0.25, 0.3) is 22.4 Å². The summed E-state index contributed by atoms with van der Waals surface area (Å²) in [6.07, 6.45) is 4.81. The van der Waals surface area contributed by atoms with Crippen molar-refractivity contribution in [2.24, 2.45) is 29.1 Å². The predicted octanol–water partition coefficient (Wildman–Crippen LogP) is 5.36. The summed E-state index contributed by atoms with van der Waals surface area (Å²) in [5.41, 5.74) is 5.30. The highest BCUT2D eigenvalue weighted by molar-refractivity contribution is 6.33. The summed E-state index contributed by atoms with van der Waals surface area (Å²) in [4.78, 5) is 11.9. The zero-order valence-electron chi connectivity index (χ0n) is 18.2. The summed E-state index contributed by atoms with van der Waals surface area (Å²) < 4.78 is 2.10. The second-order valence-electron chi connectivity index (χ2n) is 8.69. The maximum atomic E-state index is 6.59. The summed E-state index contributed by atoms with van der Waals surface area (Å²) in [6.45, 7) is 6.22. The van der Waals surface area contributed by atoms with Crippen molar-refractivity contribution in [3.63, 3.8) is 0 Å². The second kappa shape index (κ2) is 8.08. The van der Waals surface area contributed by atoms with Crippen LogP contribution < -0.4 is 4.90 Å². The molecule has 1 fully saturated rings. The fraction of sp³-hybridized carbons (Fsp3) is 0.417. The van der Waals surface area contributed by atoms with E-state index in [1.54, 1.807) is 6.20 Å². The number of halogens is 1. The van der Waals surface area contributed by atoms with Crippen molar-refractivity contribution < 1.29 is 0 Å². The average Bonchev–Trinajstić information content (AvgIpc) is 3.02. The SMILES string of the molecule is CC1=NN=C2CCN(c3cc(-c4nc5ccccc5n4C)c(Cl)cn3)CCC(C2)C1C.